The van der Waals surface area contributed by atoms with E-state index in [0.29, 0.717) is 17.9 Å². The highest BCUT2D eigenvalue weighted by Gasteiger charge is 2.39. The second-order valence-electron chi connectivity index (χ2n) is 5.12. The first-order valence-corrected chi connectivity index (χ1v) is 8.95. The summed E-state index contributed by atoms with van der Waals surface area (Å²) >= 11 is 4.84. The van der Waals surface area contributed by atoms with Gasteiger partial charge < -0.3 is 10.1 Å². The molecule has 0 aliphatic carbocycles. The van der Waals surface area contributed by atoms with Crippen molar-refractivity contribution in [3.63, 3.8) is 0 Å². The van der Waals surface area contributed by atoms with Gasteiger partial charge in [-0.2, -0.15) is 0 Å². The molecule has 2 aromatic rings. The van der Waals surface area contributed by atoms with E-state index in [2.05, 4.69) is 21.2 Å². The maximum atomic E-state index is 12.7. The lowest BCUT2D eigenvalue weighted by Crippen LogP contribution is -2.35. The van der Waals surface area contributed by atoms with Crippen LogP contribution in [0.5, 0.6) is 0 Å². The van der Waals surface area contributed by atoms with Gasteiger partial charge in [-0.25, -0.2) is 0 Å². The Morgan fingerprint density at radius 2 is 2.04 bits per heavy atom. The first kappa shape index (κ1) is 16.9. The van der Waals surface area contributed by atoms with E-state index in [1.165, 1.54) is 16.2 Å². The second kappa shape index (κ2) is 7.29. The molecule has 7 heteroatoms. The molecule has 1 N–H and O–H groups in total. The number of carbonyl (C=O) groups is 2. The largest absolute Gasteiger partial charge is 0.383 e. The van der Waals surface area contributed by atoms with Gasteiger partial charge in [0.1, 0.15) is 5.70 Å². The van der Waals surface area contributed by atoms with Crippen molar-refractivity contribution in [2.45, 2.75) is 0 Å². The van der Waals surface area contributed by atoms with Gasteiger partial charge in [0.25, 0.3) is 11.8 Å². The van der Waals surface area contributed by atoms with E-state index in [9.17, 15) is 9.59 Å². The zero-order valence-corrected chi connectivity index (χ0v) is 15.3. The molecule has 1 aliphatic rings. The van der Waals surface area contributed by atoms with Gasteiger partial charge in [-0.15, -0.1) is 11.3 Å². The van der Waals surface area contributed by atoms with Crippen LogP contribution < -0.4 is 5.32 Å². The van der Waals surface area contributed by atoms with Crippen molar-refractivity contribution in [3.05, 3.63) is 56.8 Å². The van der Waals surface area contributed by atoms with E-state index in [-0.39, 0.29) is 18.4 Å². The zero-order valence-electron chi connectivity index (χ0n) is 12.9. The Hall–Kier alpha value is -1.96. The topological polar surface area (TPSA) is 58.6 Å². The summed E-state index contributed by atoms with van der Waals surface area (Å²) in [7, 11) is 1.54. The standard InChI is InChI=1S/C17H15BrN2O3S/c1-23-8-7-20-16(21)14(13-6-3-9-24-13)15(17(20)22)19-12-5-2-4-11(18)10-12/h2-6,9-10,19H,7-8H2,1H3. The summed E-state index contributed by atoms with van der Waals surface area (Å²) < 4.78 is 5.89. The number of methoxy groups -OCH3 is 1. The Bertz CT molecular complexity index is 802. The third-order valence-corrected chi connectivity index (χ3v) is 4.93. The summed E-state index contributed by atoms with van der Waals surface area (Å²) in [6.45, 7) is 0.534. The summed E-state index contributed by atoms with van der Waals surface area (Å²) in [5, 5.41) is 4.99. The molecule has 0 fully saturated rings. The molecule has 0 saturated carbocycles. The molecule has 0 unspecified atom stereocenters. The summed E-state index contributed by atoms with van der Waals surface area (Å²) in [6.07, 6.45) is 0. The van der Waals surface area contributed by atoms with Gasteiger partial charge in [-0.05, 0) is 29.6 Å². The number of amides is 2. The number of nitrogens with one attached hydrogen (secondary N) is 1. The Labute approximate surface area is 152 Å². The molecule has 5 nitrogen and oxygen atoms in total. The molecule has 0 bridgehead atoms. The van der Waals surface area contributed by atoms with Crippen LogP contribution in [0.4, 0.5) is 5.69 Å². The minimum atomic E-state index is -0.333. The molecular formula is C17H15BrN2O3S. The molecule has 2 amide bonds. The summed E-state index contributed by atoms with van der Waals surface area (Å²) in [5.74, 6) is -0.627. The molecule has 0 spiro atoms. The summed E-state index contributed by atoms with van der Waals surface area (Å²) in [4.78, 5) is 27.5. The molecule has 0 radical (unpaired) electrons. The number of anilines is 1. The Morgan fingerprint density at radius 3 is 2.71 bits per heavy atom. The third kappa shape index (κ3) is 3.28. The Kier molecular flexibility index (Phi) is 5.13. The number of imide groups is 1. The van der Waals surface area contributed by atoms with Gasteiger partial charge in [0, 0.05) is 22.1 Å². The van der Waals surface area contributed by atoms with E-state index < -0.39 is 0 Å². The number of hydrogen-bond acceptors (Lipinski definition) is 5. The molecule has 1 aliphatic heterocycles. The normalized spacial score (nSPS) is 14.7. The van der Waals surface area contributed by atoms with Crippen molar-refractivity contribution in [2.24, 2.45) is 0 Å². The van der Waals surface area contributed by atoms with E-state index in [4.69, 9.17) is 4.74 Å². The molecule has 0 saturated heterocycles. The number of hydrogen-bond donors (Lipinski definition) is 1. The van der Waals surface area contributed by atoms with Crippen LogP contribution in [0.3, 0.4) is 0 Å². The average Bonchev–Trinajstić information content (AvgIpc) is 3.15. The van der Waals surface area contributed by atoms with Gasteiger partial charge in [-0.1, -0.05) is 28.1 Å². The van der Waals surface area contributed by atoms with Crippen LogP contribution in [0, 0.1) is 0 Å². The van der Waals surface area contributed by atoms with Crippen molar-refractivity contribution in [3.8, 4) is 0 Å². The smallest absolute Gasteiger partial charge is 0.278 e. The quantitative estimate of drug-likeness (QED) is 0.747. The lowest BCUT2D eigenvalue weighted by atomic mass is 10.2. The monoisotopic (exact) mass is 406 g/mol. The maximum Gasteiger partial charge on any atom is 0.278 e. The van der Waals surface area contributed by atoms with Crippen LogP contribution in [0.1, 0.15) is 4.88 Å². The van der Waals surface area contributed by atoms with Gasteiger partial charge in [-0.3, -0.25) is 14.5 Å². The van der Waals surface area contributed by atoms with Gasteiger partial charge in [0.2, 0.25) is 0 Å². The zero-order chi connectivity index (χ0) is 17.1. The fourth-order valence-electron chi connectivity index (χ4n) is 2.44. The van der Waals surface area contributed by atoms with E-state index in [0.717, 1.165) is 15.0 Å². The predicted molar refractivity (Wildman–Crippen MR) is 97.6 cm³/mol. The molecule has 24 heavy (non-hydrogen) atoms. The number of halogens is 1. The fourth-order valence-corrected chi connectivity index (χ4v) is 3.60. The lowest BCUT2D eigenvalue weighted by Gasteiger charge is -2.14. The van der Waals surface area contributed by atoms with Gasteiger partial charge in [0.15, 0.2) is 0 Å². The minimum Gasteiger partial charge on any atom is -0.383 e. The van der Waals surface area contributed by atoms with E-state index in [1.54, 1.807) is 7.11 Å². The van der Waals surface area contributed by atoms with Crippen LogP contribution in [-0.4, -0.2) is 37.0 Å². The SMILES string of the molecule is COCCN1C(=O)C(Nc2cccc(Br)c2)=C(c2cccs2)C1=O. The Balaban J connectivity index is 1.99. The van der Waals surface area contributed by atoms with E-state index in [1.807, 2.05) is 41.8 Å². The van der Waals surface area contributed by atoms with Crippen molar-refractivity contribution >= 4 is 50.3 Å². The number of carbonyl (C=O) groups excluding carboxylic acids is 2. The van der Waals surface area contributed by atoms with Crippen molar-refractivity contribution in [2.75, 3.05) is 25.6 Å². The van der Waals surface area contributed by atoms with Crippen molar-refractivity contribution in [1.29, 1.82) is 0 Å². The molecule has 1 aromatic heterocycles. The fraction of sp³-hybridized carbons (Fsp3) is 0.176. The molecule has 3 rings (SSSR count). The lowest BCUT2D eigenvalue weighted by molar-refractivity contribution is -0.137. The third-order valence-electron chi connectivity index (χ3n) is 3.55. The molecule has 0 atom stereocenters. The van der Waals surface area contributed by atoms with E-state index >= 15 is 0 Å². The molecule has 1 aromatic carbocycles. The first-order chi connectivity index (χ1) is 11.6. The average molecular weight is 407 g/mol. The summed E-state index contributed by atoms with van der Waals surface area (Å²) in [5.41, 5.74) is 1.45. The Morgan fingerprint density at radius 1 is 1.21 bits per heavy atom. The van der Waals surface area contributed by atoms with Gasteiger partial charge >= 0.3 is 0 Å². The first-order valence-electron chi connectivity index (χ1n) is 7.27. The van der Waals surface area contributed by atoms with Crippen LogP contribution in [-0.2, 0) is 14.3 Å². The highest BCUT2D eigenvalue weighted by molar-refractivity contribution is 9.10. The number of nitrogens with zero attached hydrogens (tertiary/aromatic N) is 1. The summed E-state index contributed by atoms with van der Waals surface area (Å²) in [6, 6.07) is 11.2. The highest BCUT2D eigenvalue weighted by atomic mass is 79.9. The van der Waals surface area contributed by atoms with Crippen LogP contribution in [0.25, 0.3) is 5.57 Å². The van der Waals surface area contributed by atoms with Crippen molar-refractivity contribution < 1.29 is 14.3 Å². The molecule has 2 heterocycles. The van der Waals surface area contributed by atoms with Crippen LogP contribution in [0.15, 0.2) is 51.9 Å². The molecular weight excluding hydrogens is 392 g/mol. The molecule has 124 valence electrons. The van der Waals surface area contributed by atoms with Crippen LogP contribution in [0.2, 0.25) is 0 Å². The number of rotatable bonds is 6. The minimum absolute atomic E-state index is 0.229. The van der Waals surface area contributed by atoms with Crippen LogP contribution >= 0.6 is 27.3 Å². The van der Waals surface area contributed by atoms with Gasteiger partial charge in [0.05, 0.1) is 18.7 Å². The maximum absolute atomic E-state index is 12.7. The highest BCUT2D eigenvalue weighted by Crippen LogP contribution is 2.33. The number of benzene rings is 1. The van der Waals surface area contributed by atoms with Crippen molar-refractivity contribution in [1.82, 2.24) is 4.90 Å². The number of ether oxygens (including phenoxy) is 1. The second-order valence-corrected chi connectivity index (χ2v) is 6.98. The number of thiophene rings is 1. The predicted octanol–water partition coefficient (Wildman–Crippen LogP) is 3.35.